The zero-order valence-corrected chi connectivity index (χ0v) is 25.5. The molecule has 0 saturated heterocycles. The van der Waals surface area contributed by atoms with Crippen molar-refractivity contribution >= 4 is 27.5 Å². The van der Waals surface area contributed by atoms with Gasteiger partial charge in [-0.2, -0.15) is 0 Å². The number of allylic oxidation sites excluding steroid dienone is 5. The first kappa shape index (κ1) is 28.6. The minimum absolute atomic E-state index is 0.440. The second kappa shape index (κ2) is 13.6. The summed E-state index contributed by atoms with van der Waals surface area (Å²) in [5.74, 6) is 1.00. The maximum absolute atomic E-state index is 2.40. The lowest BCUT2D eigenvalue weighted by atomic mass is 9.87. The Morgan fingerprint density at radius 2 is 1.49 bits per heavy atom. The Balaban J connectivity index is 1.40. The molecule has 0 spiro atoms. The molecule has 206 valence electrons. The first-order valence-electron chi connectivity index (χ1n) is 14.8. The van der Waals surface area contributed by atoms with Gasteiger partial charge >= 0.3 is 0 Å². The van der Waals surface area contributed by atoms with Crippen LogP contribution in [-0.4, -0.2) is 0 Å². The summed E-state index contributed by atoms with van der Waals surface area (Å²) in [5, 5.41) is 3.61. The maximum atomic E-state index is 2.40. The summed E-state index contributed by atoms with van der Waals surface area (Å²) in [6.45, 7) is 9.05. The van der Waals surface area contributed by atoms with Gasteiger partial charge in [0, 0.05) is 4.70 Å². The van der Waals surface area contributed by atoms with Crippen LogP contribution in [0.3, 0.4) is 0 Å². The topological polar surface area (TPSA) is 0 Å². The first-order valence-corrected chi connectivity index (χ1v) is 15.6. The molecule has 1 heterocycles. The lowest BCUT2D eigenvalue weighted by Gasteiger charge is -2.18. The smallest absolute Gasteiger partial charge is 0.0348 e. The van der Waals surface area contributed by atoms with E-state index >= 15 is 0 Å². The fourth-order valence-electron chi connectivity index (χ4n) is 5.45. The molecule has 4 aromatic carbocycles. The predicted octanol–water partition coefficient (Wildman–Crippen LogP) is 12.1. The normalized spacial score (nSPS) is 12.9. The van der Waals surface area contributed by atoms with Gasteiger partial charge in [0.2, 0.25) is 0 Å². The Hall–Kier alpha value is -3.94. The molecule has 0 amide bonds. The number of benzene rings is 4. The van der Waals surface area contributed by atoms with E-state index in [4.69, 9.17) is 0 Å². The lowest BCUT2D eigenvalue weighted by Crippen LogP contribution is -1.97. The van der Waals surface area contributed by atoms with E-state index in [2.05, 4.69) is 161 Å². The monoisotopic (exact) mass is 552 g/mol. The van der Waals surface area contributed by atoms with Gasteiger partial charge < -0.3 is 0 Å². The Morgan fingerprint density at radius 3 is 2.32 bits per heavy atom. The van der Waals surface area contributed by atoms with Gasteiger partial charge in [0.15, 0.2) is 0 Å². The molecular formula is C40H40S. The van der Waals surface area contributed by atoms with E-state index in [1.54, 1.807) is 0 Å². The second-order valence-corrected chi connectivity index (χ2v) is 12.2. The molecule has 0 fully saturated rings. The SMILES string of the molecule is Cc1c(-c2cccc(C(C)C/C=C\c3csc4ccccc34)c2)ccc(-c2ccccc2)c1C/C=C\C=C/C(C)C. The van der Waals surface area contributed by atoms with E-state index in [0.717, 1.165) is 12.8 Å². The fraction of sp³-hybridized carbons (Fsp3) is 0.200. The molecule has 41 heavy (non-hydrogen) atoms. The van der Waals surface area contributed by atoms with E-state index in [1.807, 2.05) is 11.3 Å². The van der Waals surface area contributed by atoms with Crippen LogP contribution in [0, 0.1) is 12.8 Å². The molecule has 0 aliphatic carbocycles. The Bertz CT molecular complexity index is 1680. The summed E-state index contributed by atoms with van der Waals surface area (Å²) in [4.78, 5) is 0. The van der Waals surface area contributed by atoms with Gasteiger partial charge in [-0.3, -0.25) is 0 Å². The molecule has 0 aliphatic rings. The molecule has 5 rings (SSSR count). The summed E-state index contributed by atoms with van der Waals surface area (Å²) in [5.41, 5.74) is 10.7. The van der Waals surface area contributed by atoms with Crippen LogP contribution in [0.15, 0.2) is 127 Å². The molecule has 1 unspecified atom stereocenters. The number of rotatable bonds is 10. The molecule has 0 aliphatic heterocycles. The molecule has 1 aromatic heterocycles. The Labute approximate surface area is 250 Å². The highest BCUT2D eigenvalue weighted by Gasteiger charge is 2.13. The number of thiophene rings is 1. The van der Waals surface area contributed by atoms with Crippen molar-refractivity contribution in [2.24, 2.45) is 5.92 Å². The van der Waals surface area contributed by atoms with Gasteiger partial charge in [-0.1, -0.05) is 142 Å². The predicted molar refractivity (Wildman–Crippen MR) is 183 cm³/mol. The summed E-state index contributed by atoms with van der Waals surface area (Å²) in [6, 6.07) is 33.2. The van der Waals surface area contributed by atoms with Gasteiger partial charge in [0.25, 0.3) is 0 Å². The molecule has 1 atom stereocenters. The van der Waals surface area contributed by atoms with Gasteiger partial charge in [0.1, 0.15) is 0 Å². The molecular weight excluding hydrogens is 513 g/mol. The second-order valence-electron chi connectivity index (χ2n) is 11.2. The number of hydrogen-bond donors (Lipinski definition) is 0. The molecule has 0 radical (unpaired) electrons. The summed E-state index contributed by atoms with van der Waals surface area (Å²) in [7, 11) is 0. The third-order valence-electron chi connectivity index (χ3n) is 7.81. The third-order valence-corrected chi connectivity index (χ3v) is 8.79. The van der Waals surface area contributed by atoms with E-state index in [1.165, 1.54) is 54.6 Å². The summed E-state index contributed by atoms with van der Waals surface area (Å²) < 4.78 is 1.35. The van der Waals surface area contributed by atoms with Crippen LogP contribution in [0.2, 0.25) is 0 Å². The van der Waals surface area contributed by atoms with Crippen molar-refractivity contribution < 1.29 is 0 Å². The van der Waals surface area contributed by atoms with Crippen LogP contribution in [0.4, 0.5) is 0 Å². The highest BCUT2D eigenvalue weighted by Crippen LogP contribution is 2.35. The van der Waals surface area contributed by atoms with E-state index < -0.39 is 0 Å². The average Bonchev–Trinajstić information content (AvgIpc) is 3.41. The molecule has 0 saturated carbocycles. The molecule has 1 heteroatoms. The van der Waals surface area contributed by atoms with Crippen LogP contribution >= 0.6 is 11.3 Å². The van der Waals surface area contributed by atoms with Crippen molar-refractivity contribution in [2.45, 2.75) is 46.5 Å². The first-order chi connectivity index (χ1) is 20.0. The van der Waals surface area contributed by atoms with Crippen LogP contribution in [0.1, 0.15) is 55.4 Å². The highest BCUT2D eigenvalue weighted by atomic mass is 32.1. The lowest BCUT2D eigenvalue weighted by molar-refractivity contribution is 0.783. The average molecular weight is 553 g/mol. The minimum Gasteiger partial charge on any atom is -0.143 e. The third kappa shape index (κ3) is 7.04. The summed E-state index contributed by atoms with van der Waals surface area (Å²) in [6.07, 6.45) is 15.4. The molecule has 0 bridgehead atoms. The van der Waals surface area contributed by atoms with E-state index in [-0.39, 0.29) is 0 Å². The zero-order chi connectivity index (χ0) is 28.6. The largest absolute Gasteiger partial charge is 0.143 e. The van der Waals surface area contributed by atoms with Crippen LogP contribution in [-0.2, 0) is 6.42 Å². The summed E-state index contributed by atoms with van der Waals surface area (Å²) >= 11 is 1.82. The van der Waals surface area contributed by atoms with Crippen LogP contribution in [0.5, 0.6) is 0 Å². The quantitative estimate of drug-likeness (QED) is 0.151. The van der Waals surface area contributed by atoms with E-state index in [9.17, 15) is 0 Å². The van der Waals surface area contributed by atoms with Crippen molar-refractivity contribution in [2.75, 3.05) is 0 Å². The van der Waals surface area contributed by atoms with Crippen LogP contribution < -0.4 is 0 Å². The molecule has 0 N–H and O–H groups in total. The van der Waals surface area contributed by atoms with Crippen molar-refractivity contribution in [3.05, 3.63) is 149 Å². The number of fused-ring (bicyclic) bond motifs is 1. The highest BCUT2D eigenvalue weighted by molar-refractivity contribution is 7.17. The zero-order valence-electron chi connectivity index (χ0n) is 24.7. The molecule has 5 aromatic rings. The number of hydrogen-bond acceptors (Lipinski definition) is 1. The molecule has 0 nitrogen and oxygen atoms in total. The van der Waals surface area contributed by atoms with Gasteiger partial charge in [-0.15, -0.1) is 11.3 Å². The van der Waals surface area contributed by atoms with Crippen molar-refractivity contribution in [1.29, 1.82) is 0 Å². The van der Waals surface area contributed by atoms with Crippen LogP contribution in [0.25, 0.3) is 38.4 Å². The van der Waals surface area contributed by atoms with Crippen molar-refractivity contribution in [3.8, 4) is 22.3 Å². The van der Waals surface area contributed by atoms with Gasteiger partial charge in [-0.25, -0.2) is 0 Å². The standard InChI is InChI=1S/C40H40S/c1-29(2)15-7-5-10-22-37-31(4)36(25-26-38(37)32-17-8-6-9-18-32)34-20-14-19-33(27-34)30(3)16-13-21-35-28-41-40-24-12-11-23-39(35)40/h5-15,17-21,23-30H,16,22H2,1-4H3/b10-5-,15-7-,21-13-. The van der Waals surface area contributed by atoms with E-state index in [0.29, 0.717) is 11.8 Å². The minimum atomic E-state index is 0.440. The maximum Gasteiger partial charge on any atom is 0.0348 e. The van der Waals surface area contributed by atoms with Gasteiger partial charge in [0.05, 0.1) is 0 Å². The van der Waals surface area contributed by atoms with Gasteiger partial charge in [-0.05, 0) is 92.9 Å². The Morgan fingerprint density at radius 1 is 0.732 bits per heavy atom. The fourth-order valence-corrected chi connectivity index (χ4v) is 6.38. The van der Waals surface area contributed by atoms with Crippen molar-refractivity contribution in [1.82, 2.24) is 0 Å². The van der Waals surface area contributed by atoms with Crippen molar-refractivity contribution in [3.63, 3.8) is 0 Å². The Kier molecular flexibility index (Phi) is 9.49.